The Labute approximate surface area is 148 Å². The van der Waals surface area contributed by atoms with Crippen molar-refractivity contribution in [3.8, 4) is 0 Å². The molecule has 2 aromatic heterocycles. The highest BCUT2D eigenvalue weighted by Gasteiger charge is 2.26. The highest BCUT2D eigenvalue weighted by molar-refractivity contribution is 5.94. The summed E-state index contributed by atoms with van der Waals surface area (Å²) in [5.41, 5.74) is 4.15. The standard InChI is InChI=1S/C20H23N4O/c1-14-9-18(12-21-11-14)20(25)24-7-5-23(6-8-24)19-15(2)10-17(13-22-19)16-3-4-16/h9-10,12-13,16H,3-8H2,1-2H3. The quantitative estimate of drug-likeness (QED) is 0.865. The van der Waals surface area contributed by atoms with Crippen LogP contribution in [0.3, 0.4) is 0 Å². The summed E-state index contributed by atoms with van der Waals surface area (Å²) >= 11 is 0. The molecule has 2 fully saturated rings. The predicted molar refractivity (Wildman–Crippen MR) is 96.9 cm³/mol. The Balaban J connectivity index is 1.42. The first-order chi connectivity index (χ1) is 12.1. The third-order valence-electron chi connectivity index (χ3n) is 5.05. The van der Waals surface area contributed by atoms with E-state index in [-0.39, 0.29) is 5.91 Å². The van der Waals surface area contributed by atoms with Crippen molar-refractivity contribution in [2.45, 2.75) is 32.6 Å². The number of hydrogen-bond acceptors (Lipinski definition) is 4. The normalized spacial score (nSPS) is 17.7. The van der Waals surface area contributed by atoms with Crippen LogP contribution >= 0.6 is 0 Å². The predicted octanol–water partition coefficient (Wildman–Crippen LogP) is 2.73. The average molecular weight is 335 g/mol. The first-order valence-electron chi connectivity index (χ1n) is 8.97. The number of carbonyl (C=O) groups excluding carboxylic acids is 1. The van der Waals surface area contributed by atoms with Crippen molar-refractivity contribution in [1.29, 1.82) is 0 Å². The molecule has 1 aliphatic heterocycles. The maximum absolute atomic E-state index is 12.6. The van der Waals surface area contributed by atoms with Gasteiger partial charge in [0.05, 0.1) is 11.8 Å². The summed E-state index contributed by atoms with van der Waals surface area (Å²) in [6.07, 6.45) is 9.08. The van der Waals surface area contributed by atoms with Gasteiger partial charge in [-0.3, -0.25) is 9.78 Å². The van der Waals surface area contributed by atoms with E-state index in [1.54, 1.807) is 6.20 Å². The third-order valence-corrected chi connectivity index (χ3v) is 5.05. The first kappa shape index (κ1) is 16.1. The molecule has 4 rings (SSSR count). The van der Waals surface area contributed by atoms with Gasteiger partial charge in [-0.2, -0.15) is 0 Å². The van der Waals surface area contributed by atoms with Crippen molar-refractivity contribution in [2.24, 2.45) is 0 Å². The van der Waals surface area contributed by atoms with Gasteiger partial charge in [0.1, 0.15) is 5.82 Å². The number of aryl methyl sites for hydroxylation is 2. The summed E-state index contributed by atoms with van der Waals surface area (Å²) < 4.78 is 0. The number of rotatable bonds is 3. The maximum Gasteiger partial charge on any atom is 0.255 e. The van der Waals surface area contributed by atoms with Gasteiger partial charge in [0, 0.05) is 38.6 Å². The molecular weight excluding hydrogens is 312 g/mol. The molecule has 5 nitrogen and oxygen atoms in total. The first-order valence-corrected chi connectivity index (χ1v) is 8.97. The summed E-state index contributed by atoms with van der Waals surface area (Å²) in [4.78, 5) is 25.5. The summed E-state index contributed by atoms with van der Waals surface area (Å²) in [5, 5.41) is 0. The highest BCUT2D eigenvalue weighted by Crippen LogP contribution is 2.40. The number of amides is 1. The van der Waals surface area contributed by atoms with Crippen LogP contribution in [-0.4, -0.2) is 47.0 Å². The molecule has 1 radical (unpaired) electrons. The second kappa shape index (κ2) is 6.47. The van der Waals surface area contributed by atoms with E-state index in [9.17, 15) is 4.79 Å². The number of hydrogen-bond donors (Lipinski definition) is 0. The van der Waals surface area contributed by atoms with Crippen LogP contribution in [0.15, 0.2) is 24.5 Å². The van der Waals surface area contributed by atoms with Gasteiger partial charge in [0.2, 0.25) is 0 Å². The lowest BCUT2D eigenvalue weighted by atomic mass is 10.1. The van der Waals surface area contributed by atoms with Gasteiger partial charge in [-0.25, -0.2) is 4.98 Å². The molecule has 1 saturated carbocycles. The fourth-order valence-electron chi connectivity index (χ4n) is 3.49. The van der Waals surface area contributed by atoms with Crippen molar-refractivity contribution in [2.75, 3.05) is 31.1 Å². The molecule has 1 saturated heterocycles. The zero-order valence-corrected chi connectivity index (χ0v) is 14.8. The maximum atomic E-state index is 12.6. The SMILES string of the molecule is Cc1[c]ncc(C(=O)N2CCN(c3ncc(C4CC4)cc3C)CC2)c1. The van der Waals surface area contributed by atoms with Crippen LogP contribution in [0.5, 0.6) is 0 Å². The molecule has 0 unspecified atom stereocenters. The fraction of sp³-hybridized carbons (Fsp3) is 0.450. The number of nitrogens with zero attached hydrogens (tertiary/aromatic N) is 4. The Morgan fingerprint density at radius 3 is 2.52 bits per heavy atom. The lowest BCUT2D eigenvalue weighted by molar-refractivity contribution is 0.0746. The minimum absolute atomic E-state index is 0.0537. The molecule has 0 spiro atoms. The summed E-state index contributed by atoms with van der Waals surface area (Å²) in [5.74, 6) is 1.84. The second-order valence-electron chi connectivity index (χ2n) is 7.12. The molecule has 1 aliphatic carbocycles. The van der Waals surface area contributed by atoms with Gasteiger partial charge in [-0.1, -0.05) is 6.07 Å². The van der Waals surface area contributed by atoms with Crippen LogP contribution < -0.4 is 4.90 Å². The van der Waals surface area contributed by atoms with Crippen LogP contribution in [-0.2, 0) is 0 Å². The zero-order valence-electron chi connectivity index (χ0n) is 14.8. The molecule has 2 aromatic rings. The van der Waals surface area contributed by atoms with Crippen molar-refractivity contribution >= 4 is 11.7 Å². The van der Waals surface area contributed by atoms with E-state index in [1.807, 2.05) is 24.1 Å². The minimum Gasteiger partial charge on any atom is -0.353 e. The molecule has 0 aromatic carbocycles. The lowest BCUT2D eigenvalue weighted by Crippen LogP contribution is -2.49. The van der Waals surface area contributed by atoms with Crippen LogP contribution in [0.25, 0.3) is 0 Å². The van der Waals surface area contributed by atoms with Gasteiger partial charge < -0.3 is 9.80 Å². The van der Waals surface area contributed by atoms with E-state index < -0.39 is 0 Å². The number of pyridine rings is 2. The number of piperazine rings is 1. The largest absolute Gasteiger partial charge is 0.353 e. The molecule has 0 bridgehead atoms. The van der Waals surface area contributed by atoms with E-state index in [1.165, 1.54) is 24.0 Å². The zero-order chi connectivity index (χ0) is 17.4. The number of carbonyl (C=O) groups is 1. The summed E-state index contributed by atoms with van der Waals surface area (Å²) in [7, 11) is 0. The van der Waals surface area contributed by atoms with E-state index >= 15 is 0 Å². The Bertz CT molecular complexity index is 792. The van der Waals surface area contributed by atoms with E-state index in [0.717, 1.165) is 30.4 Å². The van der Waals surface area contributed by atoms with Gasteiger partial charge >= 0.3 is 0 Å². The second-order valence-corrected chi connectivity index (χ2v) is 7.12. The molecular formula is C20H23N4O. The molecule has 2 aliphatic rings. The Morgan fingerprint density at radius 1 is 1.12 bits per heavy atom. The van der Waals surface area contributed by atoms with Gasteiger partial charge in [-0.05, 0) is 55.4 Å². The topological polar surface area (TPSA) is 49.3 Å². The highest BCUT2D eigenvalue weighted by atomic mass is 16.2. The summed E-state index contributed by atoms with van der Waals surface area (Å²) in [6, 6.07) is 4.14. The van der Waals surface area contributed by atoms with Crippen molar-refractivity contribution in [3.63, 3.8) is 0 Å². The third kappa shape index (κ3) is 3.36. The van der Waals surface area contributed by atoms with E-state index in [2.05, 4.69) is 29.1 Å². The molecule has 0 atom stereocenters. The number of aromatic nitrogens is 2. The molecule has 3 heterocycles. The van der Waals surface area contributed by atoms with Crippen LogP contribution in [0.4, 0.5) is 5.82 Å². The minimum atomic E-state index is 0.0537. The van der Waals surface area contributed by atoms with E-state index in [4.69, 9.17) is 4.98 Å². The van der Waals surface area contributed by atoms with Crippen molar-refractivity contribution in [3.05, 3.63) is 53.0 Å². The molecule has 0 N–H and O–H groups in total. The number of anilines is 1. The Kier molecular flexibility index (Phi) is 4.15. The lowest BCUT2D eigenvalue weighted by Gasteiger charge is -2.36. The molecule has 129 valence electrons. The van der Waals surface area contributed by atoms with Crippen LogP contribution in [0.2, 0.25) is 0 Å². The monoisotopic (exact) mass is 335 g/mol. The van der Waals surface area contributed by atoms with Crippen molar-refractivity contribution < 1.29 is 4.79 Å². The summed E-state index contributed by atoms with van der Waals surface area (Å²) in [6.45, 7) is 7.09. The van der Waals surface area contributed by atoms with E-state index in [0.29, 0.717) is 18.7 Å². The van der Waals surface area contributed by atoms with Gasteiger partial charge in [0.15, 0.2) is 0 Å². The molecule has 25 heavy (non-hydrogen) atoms. The van der Waals surface area contributed by atoms with Gasteiger partial charge in [-0.15, -0.1) is 0 Å². The fourth-order valence-corrected chi connectivity index (χ4v) is 3.49. The Morgan fingerprint density at radius 2 is 1.88 bits per heavy atom. The Hall–Kier alpha value is -2.43. The smallest absolute Gasteiger partial charge is 0.255 e. The van der Waals surface area contributed by atoms with Crippen LogP contribution in [0.1, 0.15) is 45.8 Å². The van der Waals surface area contributed by atoms with Gasteiger partial charge in [0.25, 0.3) is 5.91 Å². The van der Waals surface area contributed by atoms with Crippen molar-refractivity contribution in [1.82, 2.24) is 14.9 Å². The molecule has 5 heteroatoms. The average Bonchev–Trinajstić information content (AvgIpc) is 3.46. The molecule has 1 amide bonds. The van der Waals surface area contributed by atoms with Crippen LogP contribution in [0, 0.1) is 20.0 Å².